The molecule has 0 radical (unpaired) electrons. The van der Waals surface area contributed by atoms with Crippen LogP contribution in [0.4, 0.5) is 11.4 Å². The van der Waals surface area contributed by atoms with Crippen molar-refractivity contribution >= 4 is 23.4 Å². The molecule has 0 spiro atoms. The summed E-state index contributed by atoms with van der Waals surface area (Å²) in [5.74, 6) is -0.0804. The number of hydrogen-bond acceptors (Lipinski definition) is 5. The second-order valence-electron chi connectivity index (χ2n) is 8.76. The molecule has 1 aliphatic heterocycles. The van der Waals surface area contributed by atoms with E-state index in [4.69, 9.17) is 0 Å². The highest BCUT2D eigenvalue weighted by atomic mass is 16.1. The van der Waals surface area contributed by atoms with Gasteiger partial charge in [-0.3, -0.25) is 14.7 Å². The Balaban J connectivity index is 1.24. The van der Waals surface area contributed by atoms with Gasteiger partial charge >= 0.3 is 0 Å². The number of nitrogens with zero attached hydrogens (tertiary/aromatic N) is 4. The zero-order valence-electron chi connectivity index (χ0n) is 20.0. The van der Waals surface area contributed by atoms with Crippen LogP contribution in [0.3, 0.4) is 0 Å². The lowest BCUT2D eigenvalue weighted by Gasteiger charge is -2.35. The second kappa shape index (κ2) is 11.5. The summed E-state index contributed by atoms with van der Waals surface area (Å²) in [6, 6.07) is 20.5. The zero-order valence-corrected chi connectivity index (χ0v) is 20.0. The summed E-state index contributed by atoms with van der Waals surface area (Å²) in [4.78, 5) is 23.3. The lowest BCUT2D eigenvalue weighted by atomic mass is 10.1. The maximum absolute atomic E-state index is 12.3. The Labute approximate surface area is 202 Å². The van der Waals surface area contributed by atoms with Gasteiger partial charge in [-0.05, 0) is 47.5 Å². The lowest BCUT2D eigenvalue weighted by Crippen LogP contribution is -2.46. The van der Waals surface area contributed by atoms with Gasteiger partial charge in [-0.2, -0.15) is 0 Å². The first-order chi connectivity index (χ1) is 16.6. The molecule has 1 amide bonds. The predicted octanol–water partition coefficient (Wildman–Crippen LogP) is 3.91. The number of amides is 1. The SMILES string of the molecule is CN(C)c1ccc(C=CCN2CCN(c3cccc(CNC(=O)c4ccncc4)c3)CC2)cc1. The van der Waals surface area contributed by atoms with E-state index in [1.54, 1.807) is 24.5 Å². The summed E-state index contributed by atoms with van der Waals surface area (Å²) in [5.41, 5.74) is 5.39. The molecule has 1 aliphatic rings. The molecule has 0 saturated carbocycles. The fourth-order valence-electron chi connectivity index (χ4n) is 4.06. The van der Waals surface area contributed by atoms with Crippen molar-refractivity contribution in [3.63, 3.8) is 0 Å². The predicted molar refractivity (Wildman–Crippen MR) is 140 cm³/mol. The fraction of sp³-hybridized carbons (Fsp3) is 0.286. The second-order valence-corrected chi connectivity index (χ2v) is 8.76. The zero-order chi connectivity index (χ0) is 23.8. The molecule has 4 rings (SSSR count). The Hall–Kier alpha value is -3.64. The molecule has 176 valence electrons. The largest absolute Gasteiger partial charge is 0.378 e. The van der Waals surface area contributed by atoms with Crippen LogP contribution >= 0.6 is 0 Å². The average molecular weight is 456 g/mol. The standard InChI is InChI=1S/C28H33N5O/c1-31(2)26-10-8-23(9-11-26)6-4-16-32-17-19-33(20-18-32)27-7-3-5-24(21-27)22-30-28(34)25-12-14-29-15-13-25/h3-15,21H,16-20,22H2,1-2H3,(H,30,34). The molecule has 1 saturated heterocycles. The third-order valence-electron chi connectivity index (χ3n) is 6.13. The van der Waals surface area contributed by atoms with Gasteiger partial charge in [0.2, 0.25) is 0 Å². The van der Waals surface area contributed by atoms with Gasteiger partial charge in [0.1, 0.15) is 0 Å². The topological polar surface area (TPSA) is 51.7 Å². The average Bonchev–Trinajstić information content (AvgIpc) is 2.88. The normalized spacial score (nSPS) is 14.4. The van der Waals surface area contributed by atoms with Crippen LogP contribution in [0, 0.1) is 0 Å². The summed E-state index contributed by atoms with van der Waals surface area (Å²) in [6.07, 6.45) is 7.73. The van der Waals surface area contributed by atoms with E-state index in [-0.39, 0.29) is 5.91 Å². The number of anilines is 2. The molecule has 3 aromatic rings. The van der Waals surface area contributed by atoms with Gasteiger partial charge in [-0.25, -0.2) is 0 Å². The molecule has 0 unspecified atom stereocenters. The number of carbonyl (C=O) groups excluding carboxylic acids is 1. The number of aromatic nitrogens is 1. The molecule has 2 heterocycles. The highest BCUT2D eigenvalue weighted by Gasteiger charge is 2.16. The fourth-order valence-corrected chi connectivity index (χ4v) is 4.06. The van der Waals surface area contributed by atoms with Crippen LogP contribution in [0.2, 0.25) is 0 Å². The molecule has 1 aromatic heterocycles. The van der Waals surface area contributed by atoms with E-state index in [9.17, 15) is 4.79 Å². The van der Waals surface area contributed by atoms with E-state index < -0.39 is 0 Å². The van der Waals surface area contributed by atoms with Crippen LogP contribution in [0.15, 0.2) is 79.1 Å². The van der Waals surface area contributed by atoms with E-state index in [0.717, 1.165) is 38.3 Å². The van der Waals surface area contributed by atoms with E-state index in [2.05, 4.69) is 99.8 Å². The van der Waals surface area contributed by atoms with Crippen LogP contribution in [-0.2, 0) is 6.54 Å². The van der Waals surface area contributed by atoms with Gasteiger partial charge in [0, 0.05) is 82.7 Å². The van der Waals surface area contributed by atoms with E-state index in [0.29, 0.717) is 12.1 Å². The Morgan fingerprint density at radius 1 is 1.00 bits per heavy atom. The first-order valence-electron chi connectivity index (χ1n) is 11.8. The van der Waals surface area contributed by atoms with Gasteiger partial charge in [-0.1, -0.05) is 36.4 Å². The minimum atomic E-state index is -0.0804. The molecule has 34 heavy (non-hydrogen) atoms. The highest BCUT2D eigenvalue weighted by molar-refractivity contribution is 5.93. The number of pyridine rings is 1. The number of carbonyl (C=O) groups is 1. The molecule has 6 nitrogen and oxygen atoms in total. The number of nitrogens with one attached hydrogen (secondary N) is 1. The van der Waals surface area contributed by atoms with Crippen molar-refractivity contribution in [1.82, 2.24) is 15.2 Å². The minimum absolute atomic E-state index is 0.0804. The van der Waals surface area contributed by atoms with E-state index in [1.165, 1.54) is 16.9 Å². The first-order valence-corrected chi connectivity index (χ1v) is 11.8. The molecular weight excluding hydrogens is 422 g/mol. The van der Waals surface area contributed by atoms with Crippen LogP contribution < -0.4 is 15.1 Å². The number of piperazine rings is 1. The Kier molecular flexibility index (Phi) is 7.94. The van der Waals surface area contributed by atoms with E-state index >= 15 is 0 Å². The Morgan fingerprint density at radius 3 is 2.44 bits per heavy atom. The van der Waals surface area contributed by atoms with Gasteiger partial charge < -0.3 is 15.1 Å². The Bertz CT molecular complexity index is 1090. The summed E-state index contributed by atoms with van der Waals surface area (Å²) in [5, 5.41) is 2.99. The summed E-state index contributed by atoms with van der Waals surface area (Å²) < 4.78 is 0. The van der Waals surface area contributed by atoms with Gasteiger partial charge in [0.15, 0.2) is 0 Å². The van der Waals surface area contributed by atoms with Crippen molar-refractivity contribution in [2.24, 2.45) is 0 Å². The monoisotopic (exact) mass is 455 g/mol. The van der Waals surface area contributed by atoms with Crippen molar-refractivity contribution in [1.29, 1.82) is 0 Å². The molecule has 2 aromatic carbocycles. The molecular formula is C28H33N5O. The summed E-state index contributed by atoms with van der Waals surface area (Å²) in [7, 11) is 4.12. The molecule has 1 N–H and O–H groups in total. The third kappa shape index (κ3) is 6.45. The smallest absolute Gasteiger partial charge is 0.251 e. The van der Waals surface area contributed by atoms with E-state index in [1.807, 2.05) is 0 Å². The summed E-state index contributed by atoms with van der Waals surface area (Å²) >= 11 is 0. The maximum Gasteiger partial charge on any atom is 0.251 e. The lowest BCUT2D eigenvalue weighted by molar-refractivity contribution is 0.0951. The quantitative estimate of drug-likeness (QED) is 0.558. The van der Waals surface area contributed by atoms with Crippen LogP contribution in [0.5, 0.6) is 0 Å². The molecule has 1 fully saturated rings. The summed E-state index contributed by atoms with van der Waals surface area (Å²) in [6.45, 7) is 5.54. The Morgan fingerprint density at radius 2 is 1.74 bits per heavy atom. The van der Waals surface area contributed by atoms with Gasteiger partial charge in [0.25, 0.3) is 5.91 Å². The van der Waals surface area contributed by atoms with Crippen LogP contribution in [0.1, 0.15) is 21.5 Å². The molecule has 0 aliphatic carbocycles. The number of rotatable bonds is 8. The molecule has 6 heteroatoms. The van der Waals surface area contributed by atoms with Crippen molar-refractivity contribution in [3.8, 4) is 0 Å². The molecule has 0 atom stereocenters. The van der Waals surface area contributed by atoms with Crippen molar-refractivity contribution < 1.29 is 4.79 Å². The minimum Gasteiger partial charge on any atom is -0.378 e. The van der Waals surface area contributed by atoms with Crippen LogP contribution in [-0.4, -0.2) is 62.6 Å². The van der Waals surface area contributed by atoms with Crippen molar-refractivity contribution in [2.45, 2.75) is 6.54 Å². The van der Waals surface area contributed by atoms with Gasteiger partial charge in [-0.15, -0.1) is 0 Å². The van der Waals surface area contributed by atoms with Crippen molar-refractivity contribution in [2.75, 3.05) is 56.6 Å². The van der Waals surface area contributed by atoms with Crippen molar-refractivity contribution in [3.05, 3.63) is 95.8 Å². The highest BCUT2D eigenvalue weighted by Crippen LogP contribution is 2.19. The van der Waals surface area contributed by atoms with Crippen LogP contribution in [0.25, 0.3) is 6.08 Å². The number of benzene rings is 2. The maximum atomic E-state index is 12.3. The number of hydrogen-bond donors (Lipinski definition) is 1. The molecule has 0 bridgehead atoms. The van der Waals surface area contributed by atoms with Gasteiger partial charge in [0.05, 0.1) is 0 Å². The third-order valence-corrected chi connectivity index (χ3v) is 6.13. The first kappa shape index (κ1) is 23.5.